The van der Waals surface area contributed by atoms with Crippen molar-refractivity contribution in [3.05, 3.63) is 223 Å². The van der Waals surface area contributed by atoms with E-state index in [0.717, 1.165) is 45.0 Å². The lowest BCUT2D eigenvalue weighted by molar-refractivity contribution is -0.120. The topological polar surface area (TPSA) is 162 Å². The Kier molecular flexibility index (Phi) is 11.5. The molecule has 0 saturated carbocycles. The first kappa shape index (κ1) is 46.6. The number of aromatic hydroxyl groups is 6. The van der Waals surface area contributed by atoms with Gasteiger partial charge in [-0.1, -0.05) is 84.9 Å². The van der Waals surface area contributed by atoms with Crippen LogP contribution >= 0.6 is 0 Å². The van der Waals surface area contributed by atoms with Gasteiger partial charge in [-0.25, -0.2) is 0 Å². The molecule has 8 aromatic carbocycles. The molecule has 0 aromatic heterocycles. The van der Waals surface area contributed by atoms with Gasteiger partial charge in [0, 0.05) is 44.8 Å². The first-order valence-corrected chi connectivity index (χ1v) is 23.0. The van der Waals surface area contributed by atoms with Crippen molar-refractivity contribution < 1.29 is 40.2 Å². The van der Waals surface area contributed by atoms with Crippen molar-refractivity contribution in [3.63, 3.8) is 0 Å². The molecule has 0 unspecified atom stereocenters. The van der Waals surface area contributed by atoms with E-state index in [-0.39, 0.29) is 46.3 Å². The number of anilines is 4. The van der Waals surface area contributed by atoms with Crippen LogP contribution in [0.5, 0.6) is 34.5 Å². The Morgan fingerprint density at radius 1 is 0.357 bits per heavy atom. The fraction of sp³-hybridized carbons (Fsp3) is 0.167. The van der Waals surface area contributed by atoms with Crippen molar-refractivity contribution in [2.45, 2.75) is 66.2 Å². The second-order valence-electron chi connectivity index (χ2n) is 18.6. The lowest BCUT2D eigenvalue weighted by Gasteiger charge is -2.32. The van der Waals surface area contributed by atoms with E-state index in [1.54, 1.807) is 87.7 Å². The molecule has 6 N–H and O–H groups in total. The first-order chi connectivity index (χ1) is 33.3. The van der Waals surface area contributed by atoms with E-state index in [1.165, 1.54) is 12.1 Å². The zero-order valence-electron chi connectivity index (χ0n) is 40.3. The molecule has 10 heteroatoms. The molecular weight excluding hydrogens is 877 g/mol. The summed E-state index contributed by atoms with van der Waals surface area (Å²) in [5.74, 6) is -0.510. The molecular formula is C60H54N2O8. The highest BCUT2D eigenvalue weighted by Crippen LogP contribution is 2.58. The van der Waals surface area contributed by atoms with E-state index in [0.29, 0.717) is 55.6 Å². The van der Waals surface area contributed by atoms with Gasteiger partial charge < -0.3 is 30.6 Å². The molecule has 0 saturated heterocycles. The number of fused-ring (bicyclic) bond motifs is 2. The molecule has 0 radical (unpaired) electrons. The third-order valence-electron chi connectivity index (χ3n) is 14.1. The molecule has 352 valence electrons. The quantitative estimate of drug-likeness (QED) is 0.0960. The fourth-order valence-electron chi connectivity index (χ4n) is 10.5. The van der Waals surface area contributed by atoms with Crippen molar-refractivity contribution in [1.82, 2.24) is 0 Å². The summed E-state index contributed by atoms with van der Waals surface area (Å²) in [4.78, 5) is 32.9. The summed E-state index contributed by atoms with van der Waals surface area (Å²) in [7, 11) is 0. The fourth-order valence-corrected chi connectivity index (χ4v) is 10.5. The van der Waals surface area contributed by atoms with Gasteiger partial charge in [0.2, 0.25) is 0 Å². The molecule has 10 nitrogen and oxygen atoms in total. The molecule has 0 bridgehead atoms. The van der Waals surface area contributed by atoms with E-state index < -0.39 is 10.8 Å². The summed E-state index contributed by atoms with van der Waals surface area (Å²) in [5.41, 5.74) is 8.74. The molecule has 2 amide bonds. The maximum atomic E-state index is 14.7. The highest BCUT2D eigenvalue weighted by atomic mass is 16.3. The number of rotatable bonds is 6. The van der Waals surface area contributed by atoms with Gasteiger partial charge in [-0.15, -0.1) is 0 Å². The molecule has 2 heterocycles. The van der Waals surface area contributed by atoms with Crippen LogP contribution in [0, 0.1) is 55.4 Å². The van der Waals surface area contributed by atoms with Gasteiger partial charge in [-0.3, -0.25) is 19.4 Å². The number of hydrogen-bond donors (Lipinski definition) is 6. The number of benzene rings is 8. The third-order valence-corrected chi connectivity index (χ3v) is 14.1. The van der Waals surface area contributed by atoms with Crippen molar-refractivity contribution in [2.24, 2.45) is 0 Å². The van der Waals surface area contributed by atoms with E-state index in [1.807, 2.05) is 111 Å². The number of carbonyl (C=O) groups is 2. The summed E-state index contributed by atoms with van der Waals surface area (Å²) in [6.07, 6.45) is 0. The van der Waals surface area contributed by atoms with Crippen molar-refractivity contribution in [3.8, 4) is 34.5 Å². The standard InChI is InChI=1S/2C30H27NO4/c2*1-17-8-7-9-22(14-17)31-25-11-6-5-10-23(25)30(29(31)35,21-15-18(2)27(33)19(3)16-21)24-12-13-26(32)20(4)28(24)34/h2*5-16,32-34H,1-4H3/t2*30-/m10/s1. The monoisotopic (exact) mass is 930 g/mol. The van der Waals surface area contributed by atoms with Gasteiger partial charge in [-0.2, -0.15) is 0 Å². The van der Waals surface area contributed by atoms with E-state index in [4.69, 9.17) is 0 Å². The summed E-state index contributed by atoms with van der Waals surface area (Å²) in [6.45, 7) is 14.4. The van der Waals surface area contributed by atoms with Crippen molar-refractivity contribution in [2.75, 3.05) is 9.80 Å². The van der Waals surface area contributed by atoms with E-state index in [9.17, 15) is 40.2 Å². The molecule has 8 aromatic rings. The maximum absolute atomic E-state index is 14.7. The largest absolute Gasteiger partial charge is 0.508 e. The average molecular weight is 931 g/mol. The number of nitrogens with zero attached hydrogens (tertiary/aromatic N) is 2. The van der Waals surface area contributed by atoms with Gasteiger partial charge in [0.15, 0.2) is 0 Å². The van der Waals surface area contributed by atoms with Crippen LogP contribution in [0.3, 0.4) is 0 Å². The summed E-state index contributed by atoms with van der Waals surface area (Å²) in [5, 5.41) is 64.2. The van der Waals surface area contributed by atoms with Crippen molar-refractivity contribution >= 4 is 34.6 Å². The minimum Gasteiger partial charge on any atom is -0.508 e. The summed E-state index contributed by atoms with van der Waals surface area (Å²) >= 11 is 0. The van der Waals surface area contributed by atoms with Gasteiger partial charge in [0.05, 0.1) is 11.4 Å². The Morgan fingerprint density at radius 3 is 1.04 bits per heavy atom. The summed E-state index contributed by atoms with van der Waals surface area (Å²) < 4.78 is 0. The predicted molar refractivity (Wildman–Crippen MR) is 273 cm³/mol. The predicted octanol–water partition coefficient (Wildman–Crippen LogP) is 12.1. The normalized spacial score (nSPS) is 17.0. The Morgan fingerprint density at radius 2 is 0.700 bits per heavy atom. The second-order valence-corrected chi connectivity index (χ2v) is 18.6. The Bertz CT molecular complexity index is 3190. The molecule has 2 aliphatic heterocycles. The molecule has 0 aliphatic carbocycles. The van der Waals surface area contributed by atoms with Crippen LogP contribution in [0.25, 0.3) is 0 Å². The van der Waals surface area contributed by atoms with Gasteiger partial charge in [-0.05, 0) is 161 Å². The number of hydrogen-bond acceptors (Lipinski definition) is 8. The van der Waals surface area contributed by atoms with Gasteiger partial charge >= 0.3 is 0 Å². The zero-order valence-corrected chi connectivity index (χ0v) is 40.3. The molecule has 10 rings (SSSR count). The number of para-hydroxylation sites is 2. The lowest BCUT2D eigenvalue weighted by Crippen LogP contribution is -2.40. The zero-order chi connectivity index (χ0) is 50.1. The minimum absolute atomic E-state index is 0.0475. The smallest absolute Gasteiger partial charge is 0.251 e. The maximum Gasteiger partial charge on any atom is 0.251 e. The van der Waals surface area contributed by atoms with Crippen LogP contribution in [-0.2, 0) is 20.4 Å². The Hall–Kier alpha value is -8.50. The molecule has 0 fully saturated rings. The number of amides is 2. The van der Waals surface area contributed by atoms with Crippen LogP contribution in [0.15, 0.2) is 146 Å². The molecule has 70 heavy (non-hydrogen) atoms. The van der Waals surface area contributed by atoms with Crippen LogP contribution in [-0.4, -0.2) is 42.5 Å². The van der Waals surface area contributed by atoms with Gasteiger partial charge in [0.1, 0.15) is 45.3 Å². The van der Waals surface area contributed by atoms with Crippen LogP contribution in [0.4, 0.5) is 22.7 Å². The Labute approximate surface area is 407 Å². The molecule has 0 spiro atoms. The van der Waals surface area contributed by atoms with E-state index >= 15 is 0 Å². The highest BCUT2D eigenvalue weighted by molar-refractivity contribution is 6.18. The highest BCUT2D eigenvalue weighted by Gasteiger charge is 2.57. The lowest BCUT2D eigenvalue weighted by atomic mass is 9.68. The van der Waals surface area contributed by atoms with Crippen LogP contribution < -0.4 is 9.80 Å². The van der Waals surface area contributed by atoms with Crippen LogP contribution in [0.2, 0.25) is 0 Å². The molecule has 2 aliphatic rings. The minimum atomic E-state index is -1.40. The number of aryl methyl sites for hydroxylation is 6. The number of phenolic OH excluding ortho intramolecular Hbond substituents is 6. The first-order valence-electron chi connectivity index (χ1n) is 23.0. The van der Waals surface area contributed by atoms with Crippen LogP contribution in [0.1, 0.15) is 77.9 Å². The SMILES string of the molecule is Cc1cccc(N2C(=O)[C@@](c3cc(C)c(O)c(C)c3)(c3ccc(O)c(C)c3O)c3ccccc32)c1.Cc1cccc(N2C(=O)[C@](c3cc(C)c(O)c(C)c3)(c3ccc(O)c(C)c3O)c3ccccc32)c1. The third kappa shape index (κ3) is 6.92. The molecule has 2 atom stereocenters. The number of phenols is 6. The Balaban J connectivity index is 0.000000174. The van der Waals surface area contributed by atoms with Gasteiger partial charge in [0.25, 0.3) is 11.8 Å². The second kappa shape index (κ2) is 17.2. The summed E-state index contributed by atoms with van der Waals surface area (Å²) in [6, 6.07) is 44.1. The number of carbonyl (C=O) groups excluding carboxylic acids is 2. The van der Waals surface area contributed by atoms with E-state index in [2.05, 4.69) is 0 Å². The average Bonchev–Trinajstić information content (AvgIpc) is 3.76. The van der Waals surface area contributed by atoms with Crippen molar-refractivity contribution in [1.29, 1.82) is 0 Å².